The Morgan fingerprint density at radius 3 is 2.27 bits per heavy atom. The second-order valence-electron chi connectivity index (χ2n) is 6.90. The van der Waals surface area contributed by atoms with Gasteiger partial charge < -0.3 is 15.7 Å². The zero-order valence-electron chi connectivity index (χ0n) is 13.3. The van der Waals surface area contributed by atoms with Gasteiger partial charge in [-0.1, -0.05) is 32.9 Å². The predicted molar refractivity (Wildman–Crippen MR) is 84.6 cm³/mol. The number of aliphatic hydroxyl groups is 1. The van der Waals surface area contributed by atoms with Gasteiger partial charge in [-0.25, -0.2) is 0 Å². The van der Waals surface area contributed by atoms with Gasteiger partial charge in [0.05, 0.1) is 12.6 Å². The highest BCUT2D eigenvalue weighted by Crippen LogP contribution is 2.22. The highest BCUT2D eigenvalue weighted by molar-refractivity contribution is 5.96. The molecule has 0 radical (unpaired) electrons. The summed E-state index contributed by atoms with van der Waals surface area (Å²) in [5.41, 5.74) is 1.74. The van der Waals surface area contributed by atoms with Crippen LogP contribution < -0.4 is 10.6 Å². The van der Waals surface area contributed by atoms with Gasteiger partial charge in [0.1, 0.15) is 0 Å². The van der Waals surface area contributed by atoms with Gasteiger partial charge in [-0.05, 0) is 36.0 Å². The Bertz CT molecular complexity index is 540. The fourth-order valence-corrected chi connectivity index (χ4v) is 2.37. The average Bonchev–Trinajstić information content (AvgIpc) is 2.42. The van der Waals surface area contributed by atoms with Crippen molar-refractivity contribution >= 4 is 11.8 Å². The van der Waals surface area contributed by atoms with Crippen LogP contribution in [-0.4, -0.2) is 35.6 Å². The third kappa shape index (κ3) is 4.31. The average molecular weight is 304 g/mol. The van der Waals surface area contributed by atoms with E-state index in [1.165, 1.54) is 0 Å². The number of nitrogens with one attached hydrogen (secondary N) is 2. The highest BCUT2D eigenvalue weighted by atomic mass is 16.3. The van der Waals surface area contributed by atoms with Crippen LogP contribution in [0.3, 0.4) is 0 Å². The van der Waals surface area contributed by atoms with Crippen molar-refractivity contribution in [1.82, 2.24) is 10.6 Å². The van der Waals surface area contributed by atoms with E-state index in [4.69, 9.17) is 5.11 Å². The lowest BCUT2D eigenvalue weighted by atomic mass is 9.87. The summed E-state index contributed by atoms with van der Waals surface area (Å²) in [7, 11) is 0. The summed E-state index contributed by atoms with van der Waals surface area (Å²) in [4.78, 5) is 23.7. The molecule has 1 aromatic carbocycles. The minimum Gasteiger partial charge on any atom is -0.393 e. The van der Waals surface area contributed by atoms with Gasteiger partial charge in [-0.3, -0.25) is 9.59 Å². The Morgan fingerprint density at radius 1 is 1.18 bits per heavy atom. The first-order valence-electron chi connectivity index (χ1n) is 7.62. The summed E-state index contributed by atoms with van der Waals surface area (Å²) in [6.07, 6.45) is 0.878. The molecule has 0 bridgehead atoms. The summed E-state index contributed by atoms with van der Waals surface area (Å²) < 4.78 is 0. The molecule has 0 unspecified atom stereocenters. The maximum absolute atomic E-state index is 12.0. The van der Waals surface area contributed by atoms with Crippen molar-refractivity contribution in [2.75, 3.05) is 6.54 Å². The first-order chi connectivity index (χ1) is 10.3. The molecule has 5 nitrogen and oxygen atoms in total. The molecule has 0 saturated heterocycles. The Balaban J connectivity index is 1.80. The van der Waals surface area contributed by atoms with Crippen LogP contribution in [0.1, 0.15) is 49.5 Å². The zero-order valence-corrected chi connectivity index (χ0v) is 13.3. The monoisotopic (exact) mass is 304 g/mol. The first kappa shape index (κ1) is 16.5. The van der Waals surface area contributed by atoms with E-state index in [1.807, 2.05) is 12.1 Å². The summed E-state index contributed by atoms with van der Waals surface area (Å²) >= 11 is 0. The number of rotatable bonds is 4. The smallest absolute Gasteiger partial charge is 0.251 e. The molecule has 1 fully saturated rings. The molecule has 3 N–H and O–H groups in total. The highest BCUT2D eigenvalue weighted by Gasteiger charge is 2.28. The summed E-state index contributed by atoms with van der Waals surface area (Å²) in [5.74, 6) is -0.485. The minimum atomic E-state index is -0.304. The molecular formula is C17H24N2O3. The molecule has 1 aliphatic rings. The van der Waals surface area contributed by atoms with Crippen LogP contribution in [0, 0.1) is 0 Å². The Morgan fingerprint density at radius 2 is 1.77 bits per heavy atom. The van der Waals surface area contributed by atoms with Gasteiger partial charge in [0.2, 0.25) is 5.91 Å². The van der Waals surface area contributed by atoms with Crippen molar-refractivity contribution in [3.8, 4) is 0 Å². The summed E-state index contributed by atoms with van der Waals surface area (Å²) in [6.45, 7) is 6.30. The topological polar surface area (TPSA) is 78.4 Å². The van der Waals surface area contributed by atoms with E-state index in [1.54, 1.807) is 12.1 Å². The standard InChI is InChI=1S/C17H24N2O3/c1-17(2,3)12-6-4-11(5-7-12)16(22)18-10-15(21)19-13-8-14(20)9-13/h4-7,13-14,20H,8-10H2,1-3H3,(H,18,22)(H,19,21). The third-order valence-corrected chi connectivity index (χ3v) is 3.90. The SMILES string of the molecule is CC(C)(C)c1ccc(C(=O)NCC(=O)NC2CC(O)C2)cc1. The molecule has 0 heterocycles. The van der Waals surface area contributed by atoms with Crippen molar-refractivity contribution in [2.45, 2.75) is 51.2 Å². The molecular weight excluding hydrogens is 280 g/mol. The number of hydrogen-bond donors (Lipinski definition) is 3. The second kappa shape index (κ2) is 6.48. The van der Waals surface area contributed by atoms with Crippen LogP contribution in [0.2, 0.25) is 0 Å². The van der Waals surface area contributed by atoms with E-state index in [9.17, 15) is 9.59 Å². The largest absolute Gasteiger partial charge is 0.393 e. The van der Waals surface area contributed by atoms with Crippen molar-refractivity contribution in [1.29, 1.82) is 0 Å². The molecule has 2 rings (SSSR count). The Hall–Kier alpha value is -1.88. The fourth-order valence-electron chi connectivity index (χ4n) is 2.37. The molecule has 1 saturated carbocycles. The summed E-state index contributed by atoms with van der Waals surface area (Å²) in [6, 6.07) is 7.45. The number of carbonyl (C=O) groups excluding carboxylic acids is 2. The van der Waals surface area contributed by atoms with Gasteiger partial charge in [-0.15, -0.1) is 0 Å². The predicted octanol–water partition coefficient (Wildman–Crippen LogP) is 1.35. The Labute approximate surface area is 131 Å². The maximum Gasteiger partial charge on any atom is 0.251 e. The lowest BCUT2D eigenvalue weighted by molar-refractivity contribution is -0.122. The fraction of sp³-hybridized carbons (Fsp3) is 0.529. The molecule has 120 valence electrons. The van der Waals surface area contributed by atoms with Crippen LogP contribution in [0.5, 0.6) is 0 Å². The number of hydrogen-bond acceptors (Lipinski definition) is 3. The van der Waals surface area contributed by atoms with E-state index in [0.717, 1.165) is 5.56 Å². The number of amides is 2. The van der Waals surface area contributed by atoms with Crippen LogP contribution in [-0.2, 0) is 10.2 Å². The van der Waals surface area contributed by atoms with Gasteiger partial charge in [0.25, 0.3) is 5.91 Å². The van der Waals surface area contributed by atoms with E-state index >= 15 is 0 Å². The van der Waals surface area contributed by atoms with Gasteiger partial charge >= 0.3 is 0 Å². The molecule has 1 aromatic rings. The molecule has 0 atom stereocenters. The van der Waals surface area contributed by atoms with Gasteiger partial charge in [0, 0.05) is 11.6 Å². The van der Waals surface area contributed by atoms with Crippen molar-refractivity contribution in [3.63, 3.8) is 0 Å². The van der Waals surface area contributed by atoms with Crippen LogP contribution in [0.15, 0.2) is 24.3 Å². The minimum absolute atomic E-state index is 0.0328. The maximum atomic E-state index is 12.0. The number of benzene rings is 1. The number of carbonyl (C=O) groups is 2. The van der Waals surface area contributed by atoms with Crippen LogP contribution in [0.4, 0.5) is 0 Å². The molecule has 1 aliphatic carbocycles. The Kier molecular flexibility index (Phi) is 4.86. The summed E-state index contributed by atoms with van der Waals surface area (Å²) in [5, 5.41) is 14.5. The van der Waals surface area contributed by atoms with E-state index < -0.39 is 0 Å². The first-order valence-corrected chi connectivity index (χ1v) is 7.62. The van der Waals surface area contributed by atoms with E-state index in [0.29, 0.717) is 18.4 Å². The van der Waals surface area contributed by atoms with E-state index in [2.05, 4.69) is 31.4 Å². The lowest BCUT2D eigenvalue weighted by Crippen LogP contribution is -2.49. The molecule has 0 spiro atoms. The van der Waals surface area contributed by atoms with Crippen molar-refractivity contribution in [3.05, 3.63) is 35.4 Å². The van der Waals surface area contributed by atoms with E-state index in [-0.39, 0.29) is 35.9 Å². The quantitative estimate of drug-likeness (QED) is 0.786. The van der Waals surface area contributed by atoms with Gasteiger partial charge in [-0.2, -0.15) is 0 Å². The van der Waals surface area contributed by atoms with Crippen molar-refractivity contribution in [2.24, 2.45) is 0 Å². The second-order valence-corrected chi connectivity index (χ2v) is 6.90. The number of aliphatic hydroxyl groups excluding tert-OH is 1. The molecule has 2 amide bonds. The third-order valence-electron chi connectivity index (χ3n) is 3.90. The normalized spacial score (nSPS) is 20.9. The van der Waals surface area contributed by atoms with Gasteiger partial charge in [0.15, 0.2) is 0 Å². The van der Waals surface area contributed by atoms with Crippen LogP contribution >= 0.6 is 0 Å². The van der Waals surface area contributed by atoms with Crippen molar-refractivity contribution < 1.29 is 14.7 Å². The zero-order chi connectivity index (χ0) is 16.3. The molecule has 5 heteroatoms. The van der Waals surface area contributed by atoms with Crippen LogP contribution in [0.25, 0.3) is 0 Å². The molecule has 0 aromatic heterocycles. The lowest BCUT2D eigenvalue weighted by Gasteiger charge is -2.31. The molecule has 0 aliphatic heterocycles. The molecule has 22 heavy (non-hydrogen) atoms.